The number of nitrogens with zero attached hydrogens (tertiary/aromatic N) is 7. The second kappa shape index (κ2) is 9.23. The lowest BCUT2D eigenvalue weighted by atomic mass is 10.1. The van der Waals surface area contributed by atoms with E-state index < -0.39 is 12.0 Å². The molecule has 1 saturated heterocycles. The molecule has 0 aliphatic carbocycles. The minimum absolute atomic E-state index is 0.236. The Morgan fingerprint density at radius 1 is 1.03 bits per heavy atom. The van der Waals surface area contributed by atoms with Crippen molar-refractivity contribution in [1.29, 1.82) is 0 Å². The Labute approximate surface area is 211 Å². The highest BCUT2D eigenvalue weighted by molar-refractivity contribution is 5.88. The van der Waals surface area contributed by atoms with Crippen LogP contribution in [0.25, 0.3) is 22.1 Å². The van der Waals surface area contributed by atoms with Gasteiger partial charge in [-0.1, -0.05) is 5.21 Å². The van der Waals surface area contributed by atoms with Crippen molar-refractivity contribution >= 4 is 39.4 Å². The maximum atomic E-state index is 15.4. The lowest BCUT2D eigenvalue weighted by Crippen LogP contribution is -2.34. The van der Waals surface area contributed by atoms with Crippen LogP contribution in [0, 0.1) is 12.7 Å². The van der Waals surface area contributed by atoms with E-state index in [1.807, 2.05) is 30.1 Å². The topological polar surface area (TPSA) is 93.9 Å². The highest BCUT2D eigenvalue weighted by atomic mass is 19.1. The first kappa shape index (κ1) is 23.0. The third-order valence-electron chi connectivity index (χ3n) is 6.62. The van der Waals surface area contributed by atoms with Gasteiger partial charge in [-0.3, -0.25) is 0 Å². The second-order valence-corrected chi connectivity index (χ2v) is 9.06. The summed E-state index contributed by atoms with van der Waals surface area (Å²) in [4.78, 5) is 15.4. The molecule has 0 radical (unpaired) electrons. The summed E-state index contributed by atoms with van der Waals surface area (Å²) in [6, 6.07) is 12.4. The molecule has 5 aromatic rings. The van der Waals surface area contributed by atoms with Crippen LogP contribution in [-0.4, -0.2) is 49.2 Å². The Morgan fingerprint density at radius 3 is 2.70 bits per heavy atom. The lowest BCUT2D eigenvalue weighted by Gasteiger charge is -2.29. The number of hydrogen-bond acceptors (Lipinski definition) is 8. The molecule has 1 aliphatic rings. The van der Waals surface area contributed by atoms with Crippen molar-refractivity contribution in [2.75, 3.05) is 23.3 Å². The number of ether oxygens (including phenoxy) is 1. The van der Waals surface area contributed by atoms with E-state index in [0.717, 1.165) is 11.3 Å². The van der Waals surface area contributed by atoms with Crippen LogP contribution in [0.1, 0.15) is 18.4 Å². The zero-order chi connectivity index (χ0) is 25.5. The van der Waals surface area contributed by atoms with Crippen LogP contribution < -0.4 is 15.0 Å². The van der Waals surface area contributed by atoms with Gasteiger partial charge in [0.05, 0.1) is 16.7 Å². The Morgan fingerprint density at radius 2 is 1.86 bits per heavy atom. The molecule has 0 unspecified atom stereocenters. The summed E-state index contributed by atoms with van der Waals surface area (Å²) < 4.78 is 36.7. The largest absolute Gasteiger partial charge is 0.457 e. The predicted molar refractivity (Wildman–Crippen MR) is 137 cm³/mol. The van der Waals surface area contributed by atoms with Gasteiger partial charge in [-0.25, -0.2) is 28.4 Å². The number of aromatic nitrogens is 6. The van der Waals surface area contributed by atoms with Gasteiger partial charge in [0.1, 0.15) is 40.8 Å². The van der Waals surface area contributed by atoms with Crippen LogP contribution in [0.3, 0.4) is 0 Å². The first-order chi connectivity index (χ1) is 18.0. The highest BCUT2D eigenvalue weighted by Gasteiger charge is 2.21. The molecular formula is C26H24F2N8O. The number of halogens is 2. The van der Waals surface area contributed by atoms with Gasteiger partial charge < -0.3 is 15.0 Å². The summed E-state index contributed by atoms with van der Waals surface area (Å²) in [6.45, 7) is 2.84. The molecule has 0 atom stereocenters. The first-order valence-corrected chi connectivity index (χ1v) is 12.0. The summed E-state index contributed by atoms with van der Waals surface area (Å²) in [5.74, 6) is 1.55. The molecule has 6 rings (SSSR count). The maximum Gasteiger partial charge on any atom is 0.160 e. The Bertz CT molecular complexity index is 1610. The fourth-order valence-corrected chi connectivity index (χ4v) is 4.49. The van der Waals surface area contributed by atoms with Crippen LogP contribution in [0.2, 0.25) is 0 Å². The van der Waals surface area contributed by atoms with E-state index in [1.54, 1.807) is 35.9 Å². The van der Waals surface area contributed by atoms with Gasteiger partial charge >= 0.3 is 0 Å². The van der Waals surface area contributed by atoms with Crippen LogP contribution in [-0.2, 0) is 7.05 Å². The van der Waals surface area contributed by atoms with Gasteiger partial charge in [0.15, 0.2) is 11.6 Å². The third-order valence-corrected chi connectivity index (χ3v) is 6.62. The number of hydrogen-bond donors (Lipinski definition) is 1. The molecule has 9 nitrogen and oxygen atoms in total. The van der Waals surface area contributed by atoms with Crippen molar-refractivity contribution in [1.82, 2.24) is 29.9 Å². The number of benzene rings is 2. The minimum atomic E-state index is -0.773. The van der Waals surface area contributed by atoms with Gasteiger partial charge in [-0.2, -0.15) is 0 Å². The van der Waals surface area contributed by atoms with Gasteiger partial charge in [0, 0.05) is 31.8 Å². The third kappa shape index (κ3) is 4.37. The minimum Gasteiger partial charge on any atom is -0.457 e. The summed E-state index contributed by atoms with van der Waals surface area (Å²) in [5, 5.41) is 11.2. The summed E-state index contributed by atoms with van der Waals surface area (Å²) in [6.07, 6.45) is 1.58. The highest BCUT2D eigenvalue weighted by Crippen LogP contribution is 2.33. The predicted octanol–water partition coefficient (Wildman–Crippen LogP) is 5.23. The van der Waals surface area contributed by atoms with E-state index >= 15 is 4.39 Å². The molecule has 1 fully saturated rings. The molecule has 0 saturated carbocycles. The van der Waals surface area contributed by atoms with Crippen LogP contribution in [0.4, 0.5) is 26.1 Å². The number of pyridine rings is 1. The summed E-state index contributed by atoms with van der Waals surface area (Å²) in [5.41, 5.74) is 3.27. The Kier molecular flexibility index (Phi) is 5.74. The van der Waals surface area contributed by atoms with Crippen LogP contribution in [0.15, 0.2) is 48.8 Å². The van der Waals surface area contributed by atoms with E-state index in [9.17, 15) is 4.39 Å². The molecule has 1 aliphatic heterocycles. The van der Waals surface area contributed by atoms with E-state index in [2.05, 4.69) is 25.6 Å². The smallest absolute Gasteiger partial charge is 0.160 e. The zero-order valence-electron chi connectivity index (χ0n) is 20.3. The molecule has 37 heavy (non-hydrogen) atoms. The van der Waals surface area contributed by atoms with Crippen molar-refractivity contribution in [2.45, 2.75) is 25.9 Å². The Balaban J connectivity index is 1.27. The van der Waals surface area contributed by atoms with Crippen LogP contribution in [0.5, 0.6) is 11.5 Å². The number of alkyl halides is 1. The fourth-order valence-electron chi connectivity index (χ4n) is 4.49. The lowest BCUT2D eigenvalue weighted by molar-refractivity contribution is 0.277. The average Bonchev–Trinajstić information content (AvgIpc) is 3.28. The molecule has 2 aromatic carbocycles. The van der Waals surface area contributed by atoms with Gasteiger partial charge in [0.25, 0.3) is 0 Å². The standard InChI is InChI=1S/C26H24F2N8O/c1-15-22(37-17-3-6-21-20(13-17)33-34-35(21)2)7-4-18(24(15)28)31-26-25-19(29-14-30-26)5-8-23(32-25)36-11-9-16(27)10-12-36/h3-8,13-14,16H,9-12H2,1-2H3,(H,29,30,31). The Hall–Kier alpha value is -4.41. The molecule has 3 aromatic heterocycles. The van der Waals surface area contributed by atoms with Gasteiger partial charge in [0.2, 0.25) is 0 Å². The molecule has 0 amide bonds. The number of nitrogens with one attached hydrogen (secondary N) is 1. The number of anilines is 3. The van der Waals surface area contributed by atoms with E-state index in [0.29, 0.717) is 65.4 Å². The first-order valence-electron chi connectivity index (χ1n) is 12.0. The fraction of sp³-hybridized carbons (Fsp3) is 0.269. The molecule has 4 heterocycles. The van der Waals surface area contributed by atoms with Crippen molar-refractivity contribution in [3.63, 3.8) is 0 Å². The van der Waals surface area contributed by atoms with Gasteiger partial charge in [-0.05, 0) is 56.2 Å². The van der Waals surface area contributed by atoms with E-state index in [-0.39, 0.29) is 5.69 Å². The molecular weight excluding hydrogens is 478 g/mol. The van der Waals surface area contributed by atoms with Crippen molar-refractivity contribution in [2.24, 2.45) is 7.05 Å². The zero-order valence-corrected chi connectivity index (χ0v) is 20.3. The number of aryl methyl sites for hydroxylation is 1. The maximum absolute atomic E-state index is 15.4. The summed E-state index contributed by atoms with van der Waals surface area (Å²) >= 11 is 0. The van der Waals surface area contributed by atoms with Crippen molar-refractivity contribution in [3.8, 4) is 11.5 Å². The molecule has 1 N–H and O–H groups in total. The van der Waals surface area contributed by atoms with Gasteiger partial charge in [-0.15, -0.1) is 5.10 Å². The summed E-state index contributed by atoms with van der Waals surface area (Å²) in [7, 11) is 1.81. The second-order valence-electron chi connectivity index (χ2n) is 9.06. The van der Waals surface area contributed by atoms with Crippen molar-refractivity contribution < 1.29 is 13.5 Å². The monoisotopic (exact) mass is 502 g/mol. The number of piperidine rings is 1. The molecule has 188 valence electrons. The average molecular weight is 503 g/mol. The molecule has 11 heteroatoms. The van der Waals surface area contributed by atoms with E-state index in [4.69, 9.17) is 9.72 Å². The SMILES string of the molecule is Cc1c(Oc2ccc3c(c2)nnn3C)ccc(Nc2ncnc3ccc(N4CCC(F)CC4)nc23)c1F. The number of fused-ring (bicyclic) bond motifs is 2. The number of rotatable bonds is 5. The molecule has 0 spiro atoms. The van der Waals surface area contributed by atoms with E-state index in [1.165, 1.54) is 6.33 Å². The van der Waals surface area contributed by atoms with Crippen LogP contribution >= 0.6 is 0 Å². The molecule has 0 bridgehead atoms. The normalized spacial score (nSPS) is 14.4. The van der Waals surface area contributed by atoms with Crippen molar-refractivity contribution in [3.05, 3.63) is 60.2 Å². The quantitative estimate of drug-likeness (QED) is 0.349.